The lowest BCUT2D eigenvalue weighted by Gasteiger charge is -2.17. The Morgan fingerprint density at radius 2 is 1.95 bits per heavy atom. The number of nitrogens with zero attached hydrogens (tertiary/aromatic N) is 3. The summed E-state index contributed by atoms with van der Waals surface area (Å²) in [7, 11) is 2.04. The summed E-state index contributed by atoms with van der Waals surface area (Å²) in [6.07, 6.45) is 0. The van der Waals surface area contributed by atoms with Gasteiger partial charge in [0, 0.05) is 29.9 Å². The molecule has 0 aliphatic rings. The van der Waals surface area contributed by atoms with Crippen molar-refractivity contribution in [3.05, 3.63) is 52.4 Å². The quantitative estimate of drug-likeness (QED) is 0.887. The highest BCUT2D eigenvalue weighted by atomic mass is 35.5. The van der Waals surface area contributed by atoms with Crippen LogP contribution >= 0.6 is 11.6 Å². The Labute approximate surface area is 131 Å². The molecule has 1 heterocycles. The van der Waals surface area contributed by atoms with Crippen LogP contribution in [0.3, 0.4) is 0 Å². The molecule has 112 valence electrons. The van der Waals surface area contributed by atoms with Crippen LogP contribution in [0.5, 0.6) is 0 Å². The van der Waals surface area contributed by atoms with Gasteiger partial charge in [-0.2, -0.15) is 0 Å². The molecule has 5 heteroatoms. The first-order chi connectivity index (χ1) is 10.1. The first kappa shape index (κ1) is 15.7. The van der Waals surface area contributed by atoms with E-state index in [-0.39, 0.29) is 0 Å². The zero-order valence-corrected chi connectivity index (χ0v) is 13.5. The summed E-state index contributed by atoms with van der Waals surface area (Å²) in [4.78, 5) is 11.2. The van der Waals surface area contributed by atoms with Crippen molar-refractivity contribution in [2.45, 2.75) is 26.9 Å². The lowest BCUT2D eigenvalue weighted by Crippen LogP contribution is -2.19. The van der Waals surface area contributed by atoms with E-state index in [1.54, 1.807) is 0 Å². The molecule has 21 heavy (non-hydrogen) atoms. The number of aromatic nitrogens is 2. The van der Waals surface area contributed by atoms with Gasteiger partial charge in [-0.15, -0.1) is 0 Å². The Morgan fingerprint density at radius 1 is 1.19 bits per heavy atom. The average molecular weight is 305 g/mol. The molecule has 0 fully saturated rings. The van der Waals surface area contributed by atoms with Crippen molar-refractivity contribution >= 4 is 17.4 Å². The van der Waals surface area contributed by atoms with Crippen molar-refractivity contribution in [1.82, 2.24) is 14.9 Å². The summed E-state index contributed by atoms with van der Waals surface area (Å²) >= 11 is 6.20. The molecule has 2 rings (SSSR count). The number of aryl methyl sites for hydroxylation is 1. The predicted molar refractivity (Wildman–Crippen MR) is 87.6 cm³/mol. The number of benzene rings is 1. The maximum absolute atomic E-state index is 6.20. The second kappa shape index (κ2) is 7.38. The highest BCUT2D eigenvalue weighted by Crippen LogP contribution is 2.17. The van der Waals surface area contributed by atoms with Gasteiger partial charge in [-0.1, -0.05) is 29.8 Å². The molecule has 0 saturated carbocycles. The highest BCUT2D eigenvalue weighted by molar-refractivity contribution is 6.31. The van der Waals surface area contributed by atoms with Crippen LogP contribution in [0.2, 0.25) is 5.02 Å². The van der Waals surface area contributed by atoms with E-state index in [1.807, 2.05) is 44.3 Å². The Bertz CT molecular complexity index is 601. The standard InChI is InChI=1S/C16H21ClN4/c1-4-18-15-9-12(2)19-16(20-15)11-21(3)10-13-7-5-6-8-14(13)17/h5-9H,4,10-11H2,1-3H3,(H,18,19,20). The van der Waals surface area contributed by atoms with Gasteiger partial charge in [-0.3, -0.25) is 4.90 Å². The molecule has 4 nitrogen and oxygen atoms in total. The fraction of sp³-hybridized carbons (Fsp3) is 0.375. The molecule has 0 unspecified atom stereocenters. The van der Waals surface area contributed by atoms with Gasteiger partial charge in [-0.25, -0.2) is 9.97 Å². The van der Waals surface area contributed by atoms with Crippen LogP contribution in [-0.2, 0) is 13.1 Å². The number of anilines is 1. The maximum atomic E-state index is 6.20. The van der Waals surface area contributed by atoms with Crippen LogP contribution < -0.4 is 5.32 Å². The van der Waals surface area contributed by atoms with Gasteiger partial charge >= 0.3 is 0 Å². The van der Waals surface area contributed by atoms with Gasteiger partial charge in [0.1, 0.15) is 11.6 Å². The van der Waals surface area contributed by atoms with E-state index in [9.17, 15) is 0 Å². The van der Waals surface area contributed by atoms with Crippen LogP contribution in [-0.4, -0.2) is 28.5 Å². The third kappa shape index (κ3) is 4.69. The monoisotopic (exact) mass is 304 g/mol. The fourth-order valence-corrected chi connectivity index (χ4v) is 2.38. The molecule has 1 aromatic carbocycles. The van der Waals surface area contributed by atoms with Crippen molar-refractivity contribution in [2.24, 2.45) is 0 Å². The first-order valence-electron chi connectivity index (χ1n) is 7.09. The summed E-state index contributed by atoms with van der Waals surface area (Å²) in [5.41, 5.74) is 2.09. The summed E-state index contributed by atoms with van der Waals surface area (Å²) in [6.45, 7) is 6.35. The zero-order chi connectivity index (χ0) is 15.2. The second-order valence-electron chi connectivity index (χ2n) is 5.10. The van der Waals surface area contributed by atoms with Gasteiger partial charge in [0.2, 0.25) is 0 Å². The zero-order valence-electron chi connectivity index (χ0n) is 12.7. The summed E-state index contributed by atoms with van der Waals surface area (Å²) in [5, 5.41) is 4.02. The van der Waals surface area contributed by atoms with E-state index in [1.165, 1.54) is 0 Å². The van der Waals surface area contributed by atoms with E-state index < -0.39 is 0 Å². The Kier molecular flexibility index (Phi) is 5.53. The molecule has 2 aromatic rings. The van der Waals surface area contributed by atoms with E-state index in [0.29, 0.717) is 6.54 Å². The van der Waals surface area contributed by atoms with E-state index in [0.717, 1.165) is 41.0 Å². The van der Waals surface area contributed by atoms with Crippen LogP contribution in [0.15, 0.2) is 30.3 Å². The first-order valence-corrected chi connectivity index (χ1v) is 7.46. The van der Waals surface area contributed by atoms with Crippen molar-refractivity contribution in [1.29, 1.82) is 0 Å². The average Bonchev–Trinajstić information content (AvgIpc) is 2.41. The lowest BCUT2D eigenvalue weighted by atomic mass is 10.2. The molecule has 0 aliphatic carbocycles. The minimum Gasteiger partial charge on any atom is -0.370 e. The minimum absolute atomic E-state index is 0.686. The van der Waals surface area contributed by atoms with Gasteiger partial charge < -0.3 is 5.32 Å². The van der Waals surface area contributed by atoms with Crippen molar-refractivity contribution < 1.29 is 0 Å². The van der Waals surface area contributed by atoms with Crippen LogP contribution in [0.4, 0.5) is 5.82 Å². The largest absolute Gasteiger partial charge is 0.370 e. The van der Waals surface area contributed by atoms with Crippen LogP contribution in [0.25, 0.3) is 0 Å². The molecule has 1 aromatic heterocycles. The van der Waals surface area contributed by atoms with Crippen LogP contribution in [0.1, 0.15) is 24.0 Å². The normalized spacial score (nSPS) is 10.9. The third-order valence-corrected chi connectivity index (χ3v) is 3.44. The highest BCUT2D eigenvalue weighted by Gasteiger charge is 2.08. The summed E-state index contributed by atoms with van der Waals surface area (Å²) in [5.74, 6) is 1.70. The van der Waals surface area contributed by atoms with Gasteiger partial charge in [0.05, 0.1) is 6.54 Å². The molecule has 0 atom stereocenters. The topological polar surface area (TPSA) is 41.1 Å². The molecule has 0 saturated heterocycles. The number of hydrogen-bond donors (Lipinski definition) is 1. The van der Waals surface area contributed by atoms with Gasteiger partial charge in [0.15, 0.2) is 0 Å². The molecule has 0 bridgehead atoms. The number of nitrogens with one attached hydrogen (secondary N) is 1. The number of halogens is 1. The molecular weight excluding hydrogens is 284 g/mol. The fourth-order valence-electron chi connectivity index (χ4n) is 2.19. The van der Waals surface area contributed by atoms with E-state index in [4.69, 9.17) is 11.6 Å². The Balaban J connectivity index is 2.05. The third-order valence-electron chi connectivity index (χ3n) is 3.07. The van der Waals surface area contributed by atoms with E-state index >= 15 is 0 Å². The summed E-state index contributed by atoms with van der Waals surface area (Å²) < 4.78 is 0. The van der Waals surface area contributed by atoms with Crippen molar-refractivity contribution in [3.63, 3.8) is 0 Å². The number of rotatable bonds is 6. The molecule has 0 spiro atoms. The van der Waals surface area contributed by atoms with Gasteiger partial charge in [0.25, 0.3) is 0 Å². The molecule has 0 amide bonds. The molecule has 0 radical (unpaired) electrons. The van der Waals surface area contributed by atoms with Crippen molar-refractivity contribution in [2.75, 3.05) is 18.9 Å². The summed E-state index contributed by atoms with van der Waals surface area (Å²) in [6, 6.07) is 9.86. The lowest BCUT2D eigenvalue weighted by molar-refractivity contribution is 0.310. The smallest absolute Gasteiger partial charge is 0.144 e. The minimum atomic E-state index is 0.686. The Morgan fingerprint density at radius 3 is 2.67 bits per heavy atom. The van der Waals surface area contributed by atoms with Crippen molar-refractivity contribution in [3.8, 4) is 0 Å². The number of hydrogen-bond acceptors (Lipinski definition) is 4. The SMILES string of the molecule is CCNc1cc(C)nc(CN(C)Cc2ccccc2Cl)n1. The molecular formula is C16H21ClN4. The molecule has 0 aliphatic heterocycles. The second-order valence-corrected chi connectivity index (χ2v) is 5.51. The van der Waals surface area contributed by atoms with E-state index in [2.05, 4.69) is 27.1 Å². The predicted octanol–water partition coefficient (Wildman–Crippen LogP) is 3.50. The Hall–Kier alpha value is -1.65. The van der Waals surface area contributed by atoms with Gasteiger partial charge in [-0.05, 0) is 32.5 Å². The van der Waals surface area contributed by atoms with Crippen LogP contribution in [0, 0.1) is 6.92 Å². The maximum Gasteiger partial charge on any atom is 0.144 e. The molecule has 1 N–H and O–H groups in total.